The number of hydrogen-bond donors (Lipinski definition) is 2. The molecule has 0 aliphatic rings. The van der Waals surface area contributed by atoms with Crippen LogP contribution in [0.2, 0.25) is 11.0 Å². The minimum Gasteiger partial charge on any atom is -0.397 e. The third kappa shape index (κ3) is 3.96. The molecule has 2 nitrogen and oxygen atoms in total. The molecule has 0 rings (SSSR count). The highest BCUT2D eigenvalue weighted by molar-refractivity contribution is 6.58. The van der Waals surface area contributed by atoms with Crippen molar-refractivity contribution >= 4 is 14.7 Å². The summed E-state index contributed by atoms with van der Waals surface area (Å²) in [6.07, 6.45) is 0. The van der Waals surface area contributed by atoms with E-state index in [1.165, 1.54) is 0 Å². The average molecular weight is 139 g/mol. The fourth-order valence-corrected chi connectivity index (χ4v) is 0.820. The van der Waals surface area contributed by atoms with Crippen LogP contribution in [0.1, 0.15) is 20.8 Å². The zero-order valence-electron chi connectivity index (χ0n) is 6.96. The van der Waals surface area contributed by atoms with Gasteiger partial charge in [-0.05, 0) is 5.31 Å². The molecule has 0 saturated heterocycles. The summed E-state index contributed by atoms with van der Waals surface area (Å²) in [7, 11) is 3.66. The molecule has 0 aromatic heterocycles. The van der Waals surface area contributed by atoms with Crippen molar-refractivity contribution in [3.05, 3.63) is 0 Å². The smallest absolute Gasteiger partial charge is 0.196 e. The van der Waals surface area contributed by atoms with Crippen LogP contribution in [-0.4, -0.2) is 26.4 Å². The molecule has 0 saturated carbocycles. The summed E-state index contributed by atoms with van der Waals surface area (Å²) in [5, 5.41) is 8.74. The lowest BCUT2D eigenvalue weighted by Gasteiger charge is -2.23. The molecule has 2 radical (unpaired) electrons. The van der Waals surface area contributed by atoms with Crippen LogP contribution < -0.4 is 5.64 Å². The van der Waals surface area contributed by atoms with Crippen LogP contribution in [0.25, 0.3) is 0 Å². The molecule has 0 spiro atoms. The van der Waals surface area contributed by atoms with Crippen molar-refractivity contribution in [2.45, 2.75) is 31.8 Å². The second kappa shape index (κ2) is 4.04. The Balaban J connectivity index is 3.64. The minimum atomic E-state index is -0.116. The van der Waals surface area contributed by atoms with E-state index in [0.29, 0.717) is 0 Å². The molecule has 0 aromatic carbocycles. The van der Waals surface area contributed by atoms with Crippen molar-refractivity contribution < 1.29 is 5.11 Å². The van der Waals surface area contributed by atoms with E-state index in [9.17, 15) is 0 Å². The first-order valence-corrected chi connectivity index (χ1v) is 3.54. The first kappa shape index (κ1) is 10.0. The van der Waals surface area contributed by atoms with Gasteiger partial charge >= 0.3 is 0 Å². The Bertz CT molecular complexity index is 97.7. The first-order valence-electron chi connectivity index (χ1n) is 3.54. The van der Waals surface area contributed by atoms with Crippen LogP contribution in [0.4, 0.5) is 0 Å². The molecule has 0 fully saturated rings. The third-order valence-electron chi connectivity index (χ3n) is 1.43. The summed E-state index contributed by atoms with van der Waals surface area (Å²) in [5.41, 5.74) is 5.56. The molecular weight excluding hydrogens is 124 g/mol. The van der Waals surface area contributed by atoms with Crippen LogP contribution in [0.3, 0.4) is 0 Å². The van der Waals surface area contributed by atoms with Crippen LogP contribution in [0.5, 0.6) is 0 Å². The average Bonchev–Trinajstić information content (AvgIpc) is 1.87. The van der Waals surface area contributed by atoms with Crippen molar-refractivity contribution in [3.8, 4) is 0 Å². The van der Waals surface area contributed by atoms with E-state index in [1.807, 2.05) is 28.1 Å². The highest BCUT2D eigenvalue weighted by Gasteiger charge is 2.20. The number of nitrogens with two attached hydrogens (primary N) is 1. The zero-order chi connectivity index (χ0) is 8.20. The molecule has 0 heterocycles. The highest BCUT2D eigenvalue weighted by atomic mass is 16.3. The summed E-state index contributed by atoms with van der Waals surface area (Å²) < 4.78 is 0. The maximum atomic E-state index is 8.85. The molecule has 0 aliphatic heterocycles. The van der Waals surface area contributed by atoms with E-state index >= 15 is 0 Å². The number of aliphatic hydroxyl groups excluding tert-OH is 1. The van der Waals surface area contributed by atoms with E-state index in [-0.39, 0.29) is 17.6 Å². The standard InChI is InChI=1S/C6H15B2NO/c1-5(8-9)7-6(2,3)4-10/h5,10H,4,9H2,1-3H3. The molecule has 0 aliphatic carbocycles. The van der Waals surface area contributed by atoms with E-state index in [0.717, 1.165) is 0 Å². The molecule has 0 aromatic rings. The van der Waals surface area contributed by atoms with Gasteiger partial charge in [-0.25, -0.2) is 0 Å². The fourth-order valence-electron chi connectivity index (χ4n) is 0.820. The largest absolute Gasteiger partial charge is 0.397 e. The predicted octanol–water partition coefficient (Wildman–Crippen LogP) is 0.225. The summed E-state index contributed by atoms with van der Waals surface area (Å²) in [6, 6.07) is 0. The number of rotatable bonds is 4. The molecule has 3 N–H and O–H groups in total. The monoisotopic (exact) mass is 139 g/mol. The second-order valence-electron chi connectivity index (χ2n) is 3.36. The lowest BCUT2D eigenvalue weighted by molar-refractivity contribution is 0.255. The van der Waals surface area contributed by atoms with E-state index < -0.39 is 0 Å². The maximum Gasteiger partial charge on any atom is 0.196 e. The SMILES string of the molecule is CC([B]N)[B]C(C)(C)CO. The van der Waals surface area contributed by atoms with Gasteiger partial charge in [0.1, 0.15) is 7.28 Å². The Morgan fingerprint density at radius 2 is 2.10 bits per heavy atom. The molecule has 1 atom stereocenters. The van der Waals surface area contributed by atoms with Crippen molar-refractivity contribution in [1.82, 2.24) is 0 Å². The summed E-state index contributed by atoms with van der Waals surface area (Å²) in [4.78, 5) is 0. The number of aliphatic hydroxyl groups is 1. The minimum absolute atomic E-state index is 0.116. The van der Waals surface area contributed by atoms with Gasteiger partial charge in [0.05, 0.1) is 0 Å². The maximum absolute atomic E-state index is 8.85. The van der Waals surface area contributed by atoms with Gasteiger partial charge in [-0.15, -0.1) is 0 Å². The first-order chi connectivity index (χ1) is 4.52. The van der Waals surface area contributed by atoms with Crippen LogP contribution >= 0.6 is 0 Å². The summed E-state index contributed by atoms with van der Waals surface area (Å²) in [6.45, 7) is 6.13. The predicted molar refractivity (Wildman–Crippen MR) is 46.2 cm³/mol. The van der Waals surface area contributed by atoms with Gasteiger partial charge in [-0.1, -0.05) is 26.5 Å². The third-order valence-corrected chi connectivity index (χ3v) is 1.43. The quantitative estimate of drug-likeness (QED) is 0.547. The second-order valence-corrected chi connectivity index (χ2v) is 3.36. The Hall–Kier alpha value is 0.0499. The molecule has 4 heteroatoms. The summed E-state index contributed by atoms with van der Waals surface area (Å²) in [5.74, 6) is 0. The lowest BCUT2D eigenvalue weighted by atomic mass is 9.40. The van der Waals surface area contributed by atoms with Gasteiger partial charge in [0.2, 0.25) is 0 Å². The zero-order valence-corrected chi connectivity index (χ0v) is 6.96. The van der Waals surface area contributed by atoms with Gasteiger partial charge < -0.3 is 10.8 Å². The van der Waals surface area contributed by atoms with Crippen molar-refractivity contribution in [2.24, 2.45) is 5.64 Å². The Labute approximate surface area is 64.7 Å². The summed E-state index contributed by atoms with van der Waals surface area (Å²) >= 11 is 0. The van der Waals surface area contributed by atoms with Crippen molar-refractivity contribution in [2.75, 3.05) is 6.61 Å². The Morgan fingerprint density at radius 3 is 2.40 bits per heavy atom. The van der Waals surface area contributed by atoms with Gasteiger partial charge in [-0.3, -0.25) is 0 Å². The highest BCUT2D eigenvalue weighted by Crippen LogP contribution is 2.24. The topological polar surface area (TPSA) is 46.2 Å². The Kier molecular flexibility index (Phi) is 4.06. The molecule has 10 heavy (non-hydrogen) atoms. The molecule has 0 bridgehead atoms. The molecule has 0 amide bonds. The van der Waals surface area contributed by atoms with E-state index in [1.54, 1.807) is 7.41 Å². The fraction of sp³-hybridized carbons (Fsp3) is 1.00. The molecule has 56 valence electrons. The molecular formula is C6H15B2NO. The van der Waals surface area contributed by atoms with E-state index in [4.69, 9.17) is 10.8 Å². The normalized spacial score (nSPS) is 14.5. The number of hydrogen-bond acceptors (Lipinski definition) is 2. The van der Waals surface area contributed by atoms with Crippen LogP contribution in [0.15, 0.2) is 0 Å². The van der Waals surface area contributed by atoms with Gasteiger partial charge in [0.15, 0.2) is 7.41 Å². The Morgan fingerprint density at radius 1 is 1.60 bits per heavy atom. The van der Waals surface area contributed by atoms with Crippen molar-refractivity contribution in [1.29, 1.82) is 0 Å². The van der Waals surface area contributed by atoms with Gasteiger partial charge in [-0.2, -0.15) is 0 Å². The van der Waals surface area contributed by atoms with Crippen LogP contribution in [0, 0.1) is 0 Å². The van der Waals surface area contributed by atoms with Crippen molar-refractivity contribution in [3.63, 3.8) is 0 Å². The van der Waals surface area contributed by atoms with Gasteiger partial charge in [0.25, 0.3) is 0 Å². The lowest BCUT2D eigenvalue weighted by Crippen LogP contribution is -2.26. The van der Waals surface area contributed by atoms with Gasteiger partial charge in [0, 0.05) is 6.61 Å². The van der Waals surface area contributed by atoms with E-state index in [2.05, 4.69) is 0 Å². The molecule has 1 unspecified atom stereocenters. The van der Waals surface area contributed by atoms with Crippen LogP contribution in [-0.2, 0) is 0 Å².